The van der Waals surface area contributed by atoms with E-state index in [0.717, 1.165) is 6.42 Å². The monoisotopic (exact) mass is 184 g/mol. The third-order valence-corrected chi connectivity index (χ3v) is 1.27. The van der Waals surface area contributed by atoms with Crippen LogP contribution in [-0.2, 0) is 0 Å². The minimum absolute atomic E-state index is 0. The second kappa shape index (κ2) is 22.5. The molecule has 0 saturated carbocycles. The lowest BCUT2D eigenvalue weighted by atomic mass is 10.1. The zero-order valence-electron chi connectivity index (χ0n) is 9.41. The van der Waals surface area contributed by atoms with Crippen molar-refractivity contribution in [3.8, 4) is 0 Å². The Kier molecular flexibility index (Phi) is 39.4. The van der Waals surface area contributed by atoms with Crippen molar-refractivity contribution in [2.75, 3.05) is 0 Å². The van der Waals surface area contributed by atoms with Crippen LogP contribution in [0.1, 0.15) is 48.5 Å². The van der Waals surface area contributed by atoms with Crippen molar-refractivity contribution in [3.63, 3.8) is 0 Å². The lowest BCUT2D eigenvalue weighted by Crippen LogP contribution is -1.76. The first-order chi connectivity index (χ1) is 5.72. The minimum atomic E-state index is 0. The first-order valence-electron chi connectivity index (χ1n) is 4.51. The molecule has 0 rings (SSSR count). The molecule has 0 heteroatoms. The summed E-state index contributed by atoms with van der Waals surface area (Å²) in [6, 6.07) is 0. The molecule has 80 valence electrons. The fourth-order valence-corrected chi connectivity index (χ4v) is 0.702. The van der Waals surface area contributed by atoms with Gasteiger partial charge in [-0.05, 0) is 20.3 Å². The lowest BCUT2D eigenvalue weighted by molar-refractivity contribution is 1.10. The van der Waals surface area contributed by atoms with Crippen molar-refractivity contribution < 1.29 is 0 Å². The molecule has 0 nitrogen and oxygen atoms in total. The van der Waals surface area contributed by atoms with E-state index in [2.05, 4.69) is 40.5 Å². The molecule has 13 heavy (non-hydrogen) atoms. The highest BCUT2D eigenvalue weighted by Gasteiger charge is 1.86. The lowest BCUT2D eigenvalue weighted by Gasteiger charge is -1.96. The van der Waals surface area contributed by atoms with E-state index in [9.17, 15) is 0 Å². The summed E-state index contributed by atoms with van der Waals surface area (Å²) in [4.78, 5) is 0. The molecule has 0 aliphatic heterocycles. The average Bonchev–Trinajstić information content (AvgIpc) is 2.13. The smallest absolute Gasteiger partial charge is 0.0308 e. The summed E-state index contributed by atoms with van der Waals surface area (Å²) in [7, 11) is 0. The number of rotatable bonds is 2. The van der Waals surface area contributed by atoms with Crippen molar-refractivity contribution in [2.24, 2.45) is 0 Å². The van der Waals surface area contributed by atoms with Crippen LogP contribution in [0.2, 0.25) is 0 Å². The average molecular weight is 184 g/mol. The van der Waals surface area contributed by atoms with E-state index < -0.39 is 0 Å². The molecule has 0 atom stereocenters. The quantitative estimate of drug-likeness (QED) is 0.399. The molecule has 0 aromatic rings. The molecule has 0 aromatic carbocycles. The van der Waals surface area contributed by atoms with Crippen LogP contribution in [0.5, 0.6) is 0 Å². The molecule has 0 spiro atoms. The number of hydrogen-bond donors (Lipinski definition) is 0. The molecule has 0 unspecified atom stereocenters. The molecular weight excluding hydrogens is 156 g/mol. The molecule has 0 amide bonds. The fraction of sp³-hybridized carbons (Fsp3) is 0.538. The molecule has 0 saturated heterocycles. The Morgan fingerprint density at radius 3 is 1.46 bits per heavy atom. The van der Waals surface area contributed by atoms with E-state index in [0.29, 0.717) is 0 Å². The highest BCUT2D eigenvalue weighted by molar-refractivity contribution is 5.20. The van der Waals surface area contributed by atoms with Gasteiger partial charge in [0.2, 0.25) is 0 Å². The Morgan fingerprint density at radius 1 is 1.15 bits per heavy atom. The van der Waals surface area contributed by atoms with Gasteiger partial charge in [0.25, 0.3) is 0 Å². The van der Waals surface area contributed by atoms with Gasteiger partial charge in [-0.25, -0.2) is 0 Å². The molecule has 0 heterocycles. The summed E-state index contributed by atoms with van der Waals surface area (Å²) in [5.41, 5.74) is 2.74. The molecule has 0 aromatic heterocycles. The van der Waals surface area contributed by atoms with Gasteiger partial charge in [0, 0.05) is 0 Å². The third kappa shape index (κ3) is 18.3. The highest BCUT2D eigenvalue weighted by Crippen LogP contribution is 2.06. The predicted molar refractivity (Wildman–Crippen MR) is 68.2 cm³/mol. The zero-order chi connectivity index (χ0) is 10.6. The Bertz CT molecular complexity index is 114. The van der Waals surface area contributed by atoms with Crippen LogP contribution in [0.15, 0.2) is 37.0 Å². The van der Waals surface area contributed by atoms with E-state index in [-0.39, 0.29) is 7.43 Å². The maximum atomic E-state index is 3.70. The van der Waals surface area contributed by atoms with Crippen LogP contribution in [0, 0.1) is 0 Å². The molecule has 0 aliphatic rings. The van der Waals surface area contributed by atoms with Crippen LogP contribution in [0.3, 0.4) is 0 Å². The zero-order valence-corrected chi connectivity index (χ0v) is 9.41. The maximum Gasteiger partial charge on any atom is -0.0308 e. The minimum Gasteiger partial charge on any atom is -0.106 e. The molecule has 0 aliphatic carbocycles. The highest BCUT2D eigenvalue weighted by atomic mass is 13.9. The molecular formula is C13H28. The van der Waals surface area contributed by atoms with Crippen LogP contribution >= 0.6 is 0 Å². The van der Waals surface area contributed by atoms with Crippen molar-refractivity contribution in [3.05, 3.63) is 37.0 Å². The molecule has 0 radical (unpaired) electrons. The standard InChI is InChI=1S/C8H14.C2H6.C2H4.CH4/c1-5-8(6-2)7(3)4;2*1-2;/h5H,1,6H2,2-4H3;1-2H3;1-2H2;1H4. The fourth-order valence-electron chi connectivity index (χ4n) is 0.702. The summed E-state index contributed by atoms with van der Waals surface area (Å²) < 4.78 is 0. The van der Waals surface area contributed by atoms with Crippen molar-refractivity contribution in [1.82, 2.24) is 0 Å². The predicted octanol–water partition coefficient (Wildman–Crippen LogP) is 5.38. The van der Waals surface area contributed by atoms with E-state index in [1.54, 1.807) is 0 Å². The van der Waals surface area contributed by atoms with Crippen LogP contribution in [0.25, 0.3) is 0 Å². The van der Waals surface area contributed by atoms with Gasteiger partial charge in [0.15, 0.2) is 0 Å². The SMILES string of the molecule is C.C=C.C=CC(CC)=C(C)C.CC. The van der Waals surface area contributed by atoms with Crippen LogP contribution in [-0.4, -0.2) is 0 Å². The maximum absolute atomic E-state index is 3.70. The normalized spacial score (nSPS) is 5.92. The van der Waals surface area contributed by atoms with Gasteiger partial charge < -0.3 is 0 Å². The third-order valence-electron chi connectivity index (χ3n) is 1.27. The Hall–Kier alpha value is -0.780. The number of hydrogen-bond acceptors (Lipinski definition) is 0. The van der Waals surface area contributed by atoms with Crippen molar-refractivity contribution in [2.45, 2.75) is 48.5 Å². The Balaban J connectivity index is -0.0000000712. The van der Waals surface area contributed by atoms with Crippen molar-refractivity contribution in [1.29, 1.82) is 0 Å². The second-order valence-corrected chi connectivity index (χ2v) is 2.08. The van der Waals surface area contributed by atoms with Crippen LogP contribution in [0.4, 0.5) is 0 Å². The summed E-state index contributed by atoms with van der Waals surface area (Å²) in [5, 5.41) is 0. The summed E-state index contributed by atoms with van der Waals surface area (Å²) in [5.74, 6) is 0. The van der Waals surface area contributed by atoms with Gasteiger partial charge in [-0.2, -0.15) is 0 Å². The van der Waals surface area contributed by atoms with E-state index in [4.69, 9.17) is 0 Å². The summed E-state index contributed by atoms with van der Waals surface area (Å²) in [6.45, 7) is 20.1. The van der Waals surface area contributed by atoms with Gasteiger partial charge >= 0.3 is 0 Å². The van der Waals surface area contributed by atoms with Crippen LogP contribution < -0.4 is 0 Å². The van der Waals surface area contributed by atoms with E-state index in [1.807, 2.05) is 19.9 Å². The Labute approximate surface area is 86.1 Å². The van der Waals surface area contributed by atoms with Crippen molar-refractivity contribution >= 4 is 0 Å². The summed E-state index contributed by atoms with van der Waals surface area (Å²) in [6.07, 6.45) is 3.03. The summed E-state index contributed by atoms with van der Waals surface area (Å²) >= 11 is 0. The topological polar surface area (TPSA) is 0 Å². The Morgan fingerprint density at radius 2 is 1.46 bits per heavy atom. The largest absolute Gasteiger partial charge is 0.106 e. The first kappa shape index (κ1) is 22.8. The second-order valence-electron chi connectivity index (χ2n) is 2.08. The van der Waals surface area contributed by atoms with Gasteiger partial charge in [-0.1, -0.05) is 52.0 Å². The van der Waals surface area contributed by atoms with Gasteiger partial charge in [0.05, 0.1) is 0 Å². The molecule has 0 N–H and O–H groups in total. The molecule has 0 bridgehead atoms. The van der Waals surface area contributed by atoms with Gasteiger partial charge in [-0.3, -0.25) is 0 Å². The van der Waals surface area contributed by atoms with Gasteiger partial charge in [-0.15, -0.1) is 13.2 Å². The number of allylic oxidation sites excluding steroid dienone is 3. The van der Waals surface area contributed by atoms with E-state index >= 15 is 0 Å². The molecule has 0 fully saturated rings. The van der Waals surface area contributed by atoms with E-state index in [1.165, 1.54) is 11.1 Å². The first-order valence-corrected chi connectivity index (χ1v) is 4.51. The van der Waals surface area contributed by atoms with Gasteiger partial charge in [0.1, 0.15) is 0 Å².